The summed E-state index contributed by atoms with van der Waals surface area (Å²) in [6.07, 6.45) is 1.51. The summed E-state index contributed by atoms with van der Waals surface area (Å²) in [6.45, 7) is 3.66. The van der Waals surface area contributed by atoms with E-state index in [2.05, 4.69) is 15.3 Å². The van der Waals surface area contributed by atoms with E-state index >= 15 is 0 Å². The van der Waals surface area contributed by atoms with Gasteiger partial charge in [-0.3, -0.25) is 10.1 Å². The molecule has 0 aliphatic heterocycles. The van der Waals surface area contributed by atoms with Gasteiger partial charge >= 0.3 is 0 Å². The third-order valence-electron chi connectivity index (χ3n) is 3.86. The summed E-state index contributed by atoms with van der Waals surface area (Å²) in [5.41, 5.74) is 0.207. The van der Waals surface area contributed by atoms with Crippen molar-refractivity contribution >= 4 is 11.5 Å². The molecule has 0 saturated heterocycles. The highest BCUT2D eigenvalue weighted by molar-refractivity contribution is 5.59. The second-order valence-electron chi connectivity index (χ2n) is 6.13. The molecule has 0 saturated carbocycles. The molecule has 0 aliphatic rings. The molecule has 1 atom stereocenters. The monoisotopic (exact) mass is 354 g/mol. The molecule has 8 nitrogen and oxygen atoms in total. The standard InChI is InChI=1S/C18H18N4O4/c1-12-10-16(19-11-18(2,23)15-4-3-9-26-15)21-17(20-12)13-5-7-14(8-6-13)22(24)25/h3-10,23H,11H2,1-2H3,(H,19,20,21). The zero-order valence-corrected chi connectivity index (χ0v) is 14.3. The number of furan rings is 1. The van der Waals surface area contributed by atoms with Crippen molar-refractivity contribution in [1.29, 1.82) is 0 Å². The van der Waals surface area contributed by atoms with Gasteiger partial charge in [0.15, 0.2) is 5.82 Å². The Morgan fingerprint density at radius 3 is 2.62 bits per heavy atom. The number of nitrogens with zero attached hydrogens (tertiary/aromatic N) is 3. The molecular formula is C18H18N4O4. The molecule has 0 bridgehead atoms. The number of aliphatic hydroxyl groups is 1. The lowest BCUT2D eigenvalue weighted by atomic mass is 10.0. The van der Waals surface area contributed by atoms with Gasteiger partial charge in [-0.1, -0.05) is 0 Å². The molecule has 0 amide bonds. The first kappa shape index (κ1) is 17.6. The fourth-order valence-corrected chi connectivity index (χ4v) is 2.46. The number of nitrogens with one attached hydrogen (secondary N) is 1. The van der Waals surface area contributed by atoms with Gasteiger partial charge in [0.2, 0.25) is 0 Å². The molecule has 0 radical (unpaired) electrons. The molecule has 134 valence electrons. The van der Waals surface area contributed by atoms with Gasteiger partial charge in [-0.05, 0) is 38.1 Å². The predicted octanol–water partition coefficient (Wildman–Crippen LogP) is 3.27. The molecule has 2 aromatic heterocycles. The topological polar surface area (TPSA) is 114 Å². The second-order valence-corrected chi connectivity index (χ2v) is 6.13. The number of aryl methyl sites for hydroxylation is 1. The molecule has 2 heterocycles. The van der Waals surface area contributed by atoms with Crippen molar-refractivity contribution in [3.8, 4) is 11.4 Å². The SMILES string of the molecule is Cc1cc(NCC(C)(O)c2ccco2)nc(-c2ccc([N+](=O)[O-])cc2)n1. The Bertz CT molecular complexity index is 905. The lowest BCUT2D eigenvalue weighted by Crippen LogP contribution is -2.30. The van der Waals surface area contributed by atoms with Gasteiger partial charge in [-0.15, -0.1) is 0 Å². The van der Waals surface area contributed by atoms with Gasteiger partial charge in [-0.2, -0.15) is 0 Å². The second kappa shape index (κ2) is 6.93. The molecule has 1 aromatic carbocycles. The van der Waals surface area contributed by atoms with Crippen molar-refractivity contribution in [3.05, 3.63) is 70.3 Å². The van der Waals surface area contributed by atoms with E-state index in [4.69, 9.17) is 4.42 Å². The van der Waals surface area contributed by atoms with Crippen LogP contribution in [0.4, 0.5) is 11.5 Å². The van der Waals surface area contributed by atoms with Crippen LogP contribution in [0.1, 0.15) is 18.4 Å². The number of anilines is 1. The minimum absolute atomic E-state index is 0.00856. The summed E-state index contributed by atoms with van der Waals surface area (Å²) in [4.78, 5) is 19.1. The third kappa shape index (κ3) is 3.86. The van der Waals surface area contributed by atoms with Crippen molar-refractivity contribution in [3.63, 3.8) is 0 Å². The number of benzene rings is 1. The minimum atomic E-state index is -1.20. The van der Waals surface area contributed by atoms with E-state index in [-0.39, 0.29) is 12.2 Å². The van der Waals surface area contributed by atoms with Crippen LogP contribution in [0.2, 0.25) is 0 Å². The number of hydrogen-bond donors (Lipinski definition) is 2. The quantitative estimate of drug-likeness (QED) is 0.515. The largest absolute Gasteiger partial charge is 0.466 e. The fraction of sp³-hybridized carbons (Fsp3) is 0.222. The number of hydrogen-bond acceptors (Lipinski definition) is 7. The average Bonchev–Trinajstić information content (AvgIpc) is 3.15. The van der Waals surface area contributed by atoms with Gasteiger partial charge in [0.25, 0.3) is 5.69 Å². The van der Waals surface area contributed by atoms with Crippen LogP contribution in [0.25, 0.3) is 11.4 Å². The van der Waals surface area contributed by atoms with Crippen LogP contribution in [0.3, 0.4) is 0 Å². The number of aromatic nitrogens is 2. The van der Waals surface area contributed by atoms with Gasteiger partial charge in [0.05, 0.1) is 17.7 Å². The first-order valence-electron chi connectivity index (χ1n) is 7.96. The van der Waals surface area contributed by atoms with Crippen LogP contribution < -0.4 is 5.32 Å². The van der Waals surface area contributed by atoms with E-state index in [9.17, 15) is 15.2 Å². The summed E-state index contributed by atoms with van der Waals surface area (Å²) in [5.74, 6) is 1.43. The third-order valence-corrected chi connectivity index (χ3v) is 3.86. The Balaban J connectivity index is 1.80. The Morgan fingerprint density at radius 2 is 2.00 bits per heavy atom. The maximum absolute atomic E-state index is 10.8. The Labute approximate surface area is 149 Å². The number of nitro benzene ring substituents is 1. The van der Waals surface area contributed by atoms with Crippen molar-refractivity contribution in [2.45, 2.75) is 19.4 Å². The van der Waals surface area contributed by atoms with Gasteiger partial charge in [0, 0.05) is 29.5 Å². The molecule has 3 rings (SSSR count). The summed E-state index contributed by atoms with van der Waals surface area (Å²) in [5, 5.41) is 24.4. The van der Waals surface area contributed by atoms with E-state index < -0.39 is 10.5 Å². The van der Waals surface area contributed by atoms with E-state index in [0.29, 0.717) is 23.0 Å². The molecule has 3 aromatic rings. The number of nitro groups is 1. The highest BCUT2D eigenvalue weighted by atomic mass is 16.6. The Hall–Kier alpha value is -3.26. The van der Waals surface area contributed by atoms with E-state index in [1.807, 2.05) is 6.92 Å². The van der Waals surface area contributed by atoms with Crippen molar-refractivity contribution < 1.29 is 14.4 Å². The van der Waals surface area contributed by atoms with Gasteiger partial charge in [0.1, 0.15) is 17.2 Å². The van der Waals surface area contributed by atoms with E-state index in [0.717, 1.165) is 5.69 Å². The van der Waals surface area contributed by atoms with E-state index in [1.165, 1.54) is 18.4 Å². The molecule has 26 heavy (non-hydrogen) atoms. The first-order valence-corrected chi connectivity index (χ1v) is 7.96. The maximum Gasteiger partial charge on any atom is 0.269 e. The zero-order chi connectivity index (χ0) is 18.7. The minimum Gasteiger partial charge on any atom is -0.466 e. The van der Waals surface area contributed by atoms with Crippen LogP contribution in [0.15, 0.2) is 53.1 Å². The van der Waals surface area contributed by atoms with Crippen molar-refractivity contribution in [1.82, 2.24) is 9.97 Å². The summed E-state index contributed by atoms with van der Waals surface area (Å²) < 4.78 is 5.26. The lowest BCUT2D eigenvalue weighted by molar-refractivity contribution is -0.384. The van der Waals surface area contributed by atoms with Crippen LogP contribution in [0, 0.1) is 17.0 Å². The molecular weight excluding hydrogens is 336 g/mol. The highest BCUT2D eigenvalue weighted by Gasteiger charge is 2.26. The summed E-state index contributed by atoms with van der Waals surface area (Å²) >= 11 is 0. The molecule has 0 aliphatic carbocycles. The van der Waals surface area contributed by atoms with E-state index in [1.54, 1.807) is 37.3 Å². The van der Waals surface area contributed by atoms with Crippen molar-refractivity contribution in [2.75, 3.05) is 11.9 Å². The van der Waals surface area contributed by atoms with Crippen LogP contribution in [-0.2, 0) is 5.60 Å². The molecule has 1 unspecified atom stereocenters. The predicted molar refractivity (Wildman–Crippen MR) is 95.6 cm³/mol. The van der Waals surface area contributed by atoms with Gasteiger partial charge < -0.3 is 14.8 Å². The van der Waals surface area contributed by atoms with Crippen LogP contribution >= 0.6 is 0 Å². The summed E-state index contributed by atoms with van der Waals surface area (Å²) in [7, 11) is 0. The van der Waals surface area contributed by atoms with Gasteiger partial charge in [-0.25, -0.2) is 9.97 Å². The number of non-ortho nitro benzene ring substituents is 1. The normalized spacial score (nSPS) is 13.2. The molecule has 0 spiro atoms. The van der Waals surface area contributed by atoms with Crippen LogP contribution in [0.5, 0.6) is 0 Å². The average molecular weight is 354 g/mol. The number of rotatable bonds is 6. The Morgan fingerprint density at radius 1 is 1.27 bits per heavy atom. The fourth-order valence-electron chi connectivity index (χ4n) is 2.46. The first-order chi connectivity index (χ1) is 12.3. The lowest BCUT2D eigenvalue weighted by Gasteiger charge is -2.21. The molecule has 2 N–H and O–H groups in total. The van der Waals surface area contributed by atoms with Crippen LogP contribution in [-0.4, -0.2) is 26.5 Å². The maximum atomic E-state index is 10.8. The summed E-state index contributed by atoms with van der Waals surface area (Å²) in [6, 6.07) is 11.2. The highest BCUT2D eigenvalue weighted by Crippen LogP contribution is 2.24. The van der Waals surface area contributed by atoms with Crippen molar-refractivity contribution in [2.24, 2.45) is 0 Å². The smallest absolute Gasteiger partial charge is 0.269 e. The molecule has 0 fully saturated rings. The zero-order valence-electron chi connectivity index (χ0n) is 14.3. The molecule has 8 heteroatoms. The Kier molecular flexibility index (Phi) is 4.68.